The zero-order valence-electron chi connectivity index (χ0n) is 17.2. The fraction of sp³-hybridized carbons (Fsp3) is 0.450. The summed E-state index contributed by atoms with van der Waals surface area (Å²) in [6.45, 7) is 1.41. The van der Waals surface area contributed by atoms with Gasteiger partial charge in [0, 0.05) is 37.8 Å². The van der Waals surface area contributed by atoms with Crippen LogP contribution in [-0.4, -0.2) is 68.1 Å². The summed E-state index contributed by atoms with van der Waals surface area (Å²) in [6, 6.07) is 4.41. The molecule has 9 nitrogen and oxygen atoms in total. The number of methoxy groups -OCH3 is 3. The SMILES string of the molecule is COc1ccc(CNC(=O)C2C(COC(C)=O)=CS[C@H]3[C@@H](OC)C(=O)N23)c(OC)c1. The minimum Gasteiger partial charge on any atom is -0.497 e. The third kappa shape index (κ3) is 4.24. The van der Waals surface area contributed by atoms with Crippen molar-refractivity contribution in [3.63, 3.8) is 0 Å². The summed E-state index contributed by atoms with van der Waals surface area (Å²) >= 11 is 1.37. The van der Waals surface area contributed by atoms with Gasteiger partial charge < -0.3 is 29.2 Å². The summed E-state index contributed by atoms with van der Waals surface area (Å²) in [5.74, 6) is 0.0965. The molecule has 3 atom stereocenters. The molecule has 0 radical (unpaired) electrons. The second kappa shape index (κ2) is 9.40. The van der Waals surface area contributed by atoms with Crippen LogP contribution in [0.25, 0.3) is 0 Å². The van der Waals surface area contributed by atoms with E-state index >= 15 is 0 Å². The standard InChI is InChI=1S/C20H24N2O7S/c1-11(23)29-9-13-10-30-20-17(28-4)19(25)22(20)16(13)18(24)21-8-12-5-6-14(26-2)7-15(12)27-3/h5-7,10,16-17,20H,8-9H2,1-4H3,(H,21,24)/t16?,17-,20-/m0/s1. The van der Waals surface area contributed by atoms with E-state index < -0.39 is 18.1 Å². The Morgan fingerprint density at radius 1 is 1.20 bits per heavy atom. The van der Waals surface area contributed by atoms with Crippen molar-refractivity contribution >= 4 is 29.5 Å². The van der Waals surface area contributed by atoms with Gasteiger partial charge in [-0.1, -0.05) is 0 Å². The predicted molar refractivity (Wildman–Crippen MR) is 109 cm³/mol. The van der Waals surface area contributed by atoms with Crippen LogP contribution in [0.4, 0.5) is 0 Å². The molecular weight excluding hydrogens is 412 g/mol. The fourth-order valence-corrected chi connectivity index (χ4v) is 4.59. The highest BCUT2D eigenvalue weighted by Crippen LogP contribution is 2.41. The highest BCUT2D eigenvalue weighted by molar-refractivity contribution is 8.02. The van der Waals surface area contributed by atoms with E-state index in [4.69, 9.17) is 18.9 Å². The minimum atomic E-state index is -0.876. The Labute approximate surface area is 178 Å². The molecule has 1 saturated heterocycles. The number of hydrogen-bond donors (Lipinski definition) is 1. The van der Waals surface area contributed by atoms with Crippen LogP contribution in [0.1, 0.15) is 12.5 Å². The van der Waals surface area contributed by atoms with Gasteiger partial charge in [0.05, 0.1) is 14.2 Å². The van der Waals surface area contributed by atoms with Crippen LogP contribution in [0.5, 0.6) is 11.5 Å². The van der Waals surface area contributed by atoms with E-state index in [1.165, 1.54) is 37.8 Å². The summed E-state index contributed by atoms with van der Waals surface area (Å²) in [7, 11) is 4.55. The lowest BCUT2D eigenvalue weighted by Gasteiger charge is -2.51. The zero-order chi connectivity index (χ0) is 21.8. The second-order valence-electron chi connectivity index (χ2n) is 6.70. The van der Waals surface area contributed by atoms with Gasteiger partial charge in [0.25, 0.3) is 5.91 Å². The van der Waals surface area contributed by atoms with E-state index in [-0.39, 0.29) is 30.3 Å². The Morgan fingerprint density at radius 2 is 1.97 bits per heavy atom. The molecule has 0 saturated carbocycles. The first-order valence-electron chi connectivity index (χ1n) is 9.22. The summed E-state index contributed by atoms with van der Waals surface area (Å²) in [5.41, 5.74) is 1.29. The number of thioether (sulfide) groups is 1. The summed E-state index contributed by atoms with van der Waals surface area (Å²) in [4.78, 5) is 38.3. The van der Waals surface area contributed by atoms with Crippen LogP contribution in [0, 0.1) is 0 Å². The molecule has 10 heteroatoms. The second-order valence-corrected chi connectivity index (χ2v) is 7.69. The Morgan fingerprint density at radius 3 is 2.60 bits per heavy atom. The van der Waals surface area contributed by atoms with Gasteiger partial charge in [-0.05, 0) is 17.5 Å². The maximum Gasteiger partial charge on any atom is 0.302 e. The number of β-lactam (4-membered cyclic amide) rings is 1. The number of carbonyl (C=O) groups is 3. The molecule has 1 aromatic rings. The minimum absolute atomic E-state index is 0.0690. The van der Waals surface area contributed by atoms with Crippen molar-refractivity contribution in [3.05, 3.63) is 34.7 Å². The number of esters is 1. The Kier molecular flexibility index (Phi) is 6.88. The molecule has 1 aromatic carbocycles. The van der Waals surface area contributed by atoms with Gasteiger partial charge in [-0.3, -0.25) is 14.4 Å². The molecule has 2 amide bonds. The number of hydrogen-bond acceptors (Lipinski definition) is 8. The van der Waals surface area contributed by atoms with E-state index in [1.807, 2.05) is 0 Å². The predicted octanol–water partition coefficient (Wildman–Crippen LogP) is 1.07. The summed E-state index contributed by atoms with van der Waals surface area (Å²) in [6.07, 6.45) is -0.599. The van der Waals surface area contributed by atoms with Crippen LogP contribution in [0.15, 0.2) is 29.2 Å². The molecule has 1 unspecified atom stereocenters. The van der Waals surface area contributed by atoms with Crippen molar-refractivity contribution < 1.29 is 33.3 Å². The van der Waals surface area contributed by atoms with Gasteiger partial charge in [-0.25, -0.2) is 0 Å². The first-order chi connectivity index (χ1) is 14.4. The molecule has 2 aliphatic heterocycles. The topological polar surface area (TPSA) is 103 Å². The summed E-state index contributed by atoms with van der Waals surface area (Å²) < 4.78 is 20.8. The van der Waals surface area contributed by atoms with Crippen LogP contribution in [0.3, 0.4) is 0 Å². The van der Waals surface area contributed by atoms with Gasteiger partial charge in [0.2, 0.25) is 5.91 Å². The van der Waals surface area contributed by atoms with Crippen LogP contribution < -0.4 is 14.8 Å². The molecule has 1 fully saturated rings. The van der Waals surface area contributed by atoms with Crippen LogP contribution in [-0.2, 0) is 30.4 Å². The Bertz CT molecular complexity index is 873. The molecule has 1 N–H and O–H groups in total. The average Bonchev–Trinajstić information content (AvgIpc) is 2.75. The third-order valence-electron chi connectivity index (χ3n) is 4.91. The van der Waals surface area contributed by atoms with Crippen molar-refractivity contribution in [2.75, 3.05) is 27.9 Å². The lowest BCUT2D eigenvalue weighted by atomic mass is 9.99. The number of carbonyl (C=O) groups excluding carboxylic acids is 3. The number of benzene rings is 1. The largest absolute Gasteiger partial charge is 0.497 e. The highest BCUT2D eigenvalue weighted by Gasteiger charge is 2.55. The number of amides is 2. The molecule has 162 valence electrons. The number of nitrogens with one attached hydrogen (secondary N) is 1. The maximum atomic E-state index is 13.1. The normalized spacial score (nSPS) is 22.4. The van der Waals surface area contributed by atoms with E-state index in [2.05, 4.69) is 5.32 Å². The smallest absolute Gasteiger partial charge is 0.302 e. The Balaban J connectivity index is 1.77. The van der Waals surface area contributed by atoms with Crippen LogP contribution in [0.2, 0.25) is 0 Å². The van der Waals surface area contributed by atoms with Crippen molar-refractivity contribution in [2.24, 2.45) is 0 Å². The number of nitrogens with zero attached hydrogens (tertiary/aromatic N) is 1. The molecule has 0 aromatic heterocycles. The number of ether oxygens (including phenoxy) is 4. The molecule has 30 heavy (non-hydrogen) atoms. The third-order valence-corrected chi connectivity index (χ3v) is 6.10. The fourth-order valence-electron chi connectivity index (χ4n) is 3.36. The zero-order valence-corrected chi connectivity index (χ0v) is 18.0. The molecule has 0 spiro atoms. The first kappa shape index (κ1) is 22.0. The molecule has 3 rings (SSSR count). The van der Waals surface area contributed by atoms with Gasteiger partial charge in [0.1, 0.15) is 29.5 Å². The molecule has 0 aliphatic carbocycles. The monoisotopic (exact) mass is 436 g/mol. The molecule has 2 aliphatic rings. The van der Waals surface area contributed by atoms with Gasteiger partial charge in [0.15, 0.2) is 6.10 Å². The van der Waals surface area contributed by atoms with Crippen molar-refractivity contribution in [3.8, 4) is 11.5 Å². The lowest BCUT2D eigenvalue weighted by molar-refractivity contribution is -0.168. The molecular formula is C20H24N2O7S. The van der Waals surface area contributed by atoms with Crippen LogP contribution >= 0.6 is 11.8 Å². The van der Waals surface area contributed by atoms with Crippen molar-refractivity contribution in [2.45, 2.75) is 31.0 Å². The van der Waals surface area contributed by atoms with Crippen molar-refractivity contribution in [1.82, 2.24) is 10.2 Å². The first-order valence-corrected chi connectivity index (χ1v) is 10.2. The number of rotatable bonds is 8. The van der Waals surface area contributed by atoms with Gasteiger partial charge in [-0.15, -0.1) is 11.8 Å². The average molecular weight is 436 g/mol. The van der Waals surface area contributed by atoms with E-state index in [0.29, 0.717) is 17.1 Å². The quantitative estimate of drug-likeness (QED) is 0.477. The molecule has 0 bridgehead atoms. The number of fused-ring (bicyclic) bond motifs is 1. The summed E-state index contributed by atoms with van der Waals surface area (Å²) in [5, 5.41) is 4.32. The van der Waals surface area contributed by atoms with E-state index in [0.717, 1.165) is 5.56 Å². The highest BCUT2D eigenvalue weighted by atomic mass is 32.2. The Hall–Kier alpha value is -2.72. The van der Waals surface area contributed by atoms with E-state index in [1.54, 1.807) is 30.7 Å². The van der Waals surface area contributed by atoms with Gasteiger partial charge >= 0.3 is 5.97 Å². The van der Waals surface area contributed by atoms with Gasteiger partial charge in [-0.2, -0.15) is 0 Å². The van der Waals surface area contributed by atoms with Crippen molar-refractivity contribution in [1.29, 1.82) is 0 Å². The maximum absolute atomic E-state index is 13.1. The van der Waals surface area contributed by atoms with E-state index in [9.17, 15) is 14.4 Å². The lowest BCUT2D eigenvalue weighted by Crippen LogP contribution is -2.70. The molecule has 2 heterocycles.